The van der Waals surface area contributed by atoms with Gasteiger partial charge in [-0.15, -0.1) is 0 Å². The van der Waals surface area contributed by atoms with Gasteiger partial charge in [0, 0.05) is 6.54 Å². The van der Waals surface area contributed by atoms with E-state index in [4.69, 9.17) is 0 Å². The maximum Gasteiger partial charge on any atom is 0.122 e. The van der Waals surface area contributed by atoms with Gasteiger partial charge < -0.3 is 4.90 Å². The van der Waals surface area contributed by atoms with E-state index in [0.717, 1.165) is 19.6 Å². The van der Waals surface area contributed by atoms with E-state index in [2.05, 4.69) is 37.2 Å². The first-order valence-corrected chi connectivity index (χ1v) is 5.53. The van der Waals surface area contributed by atoms with Crippen LogP contribution in [-0.2, 0) is 0 Å². The van der Waals surface area contributed by atoms with Gasteiger partial charge in [0.15, 0.2) is 0 Å². The molecule has 0 spiro atoms. The quantitative estimate of drug-likeness (QED) is 0.692. The van der Waals surface area contributed by atoms with Crippen LogP contribution in [0.15, 0.2) is 0 Å². The third-order valence-electron chi connectivity index (χ3n) is 3.03. The highest BCUT2D eigenvalue weighted by molar-refractivity contribution is 5.16. The Morgan fingerprint density at radius 1 is 1.50 bits per heavy atom. The molecule has 3 heteroatoms. The summed E-state index contributed by atoms with van der Waals surface area (Å²) in [6, 6.07) is 2.49. The molecule has 0 aromatic rings. The largest absolute Gasteiger partial charge is 0.304 e. The highest BCUT2D eigenvalue weighted by Crippen LogP contribution is 2.39. The van der Waals surface area contributed by atoms with Crippen LogP contribution in [0.2, 0.25) is 0 Å². The van der Waals surface area contributed by atoms with Gasteiger partial charge in [0.2, 0.25) is 0 Å². The van der Waals surface area contributed by atoms with E-state index in [1.165, 1.54) is 12.8 Å². The lowest BCUT2D eigenvalue weighted by Crippen LogP contribution is -2.53. The first kappa shape index (κ1) is 11.5. The molecular weight excluding hydrogens is 174 g/mol. The zero-order valence-electron chi connectivity index (χ0n) is 9.51. The van der Waals surface area contributed by atoms with E-state index in [1.807, 2.05) is 0 Å². The molecule has 0 amide bonds. The summed E-state index contributed by atoms with van der Waals surface area (Å²) in [5, 5.41) is 12.7. The number of nitriles is 1. The van der Waals surface area contributed by atoms with E-state index >= 15 is 0 Å². The van der Waals surface area contributed by atoms with Gasteiger partial charge in [-0.1, -0.05) is 13.8 Å². The second-order valence-corrected chi connectivity index (χ2v) is 4.22. The van der Waals surface area contributed by atoms with Crippen LogP contribution < -0.4 is 5.32 Å². The second kappa shape index (κ2) is 4.77. The predicted octanol–water partition coefficient (Wildman–Crippen LogP) is 1.22. The SMILES string of the molecule is CCNC(C#N)(CN(C)CC)C1CC1. The lowest BCUT2D eigenvalue weighted by molar-refractivity contribution is 0.238. The average Bonchev–Trinajstić information content (AvgIpc) is 3.00. The maximum absolute atomic E-state index is 9.32. The zero-order chi connectivity index (χ0) is 10.6. The summed E-state index contributed by atoms with van der Waals surface area (Å²) in [5.41, 5.74) is -0.292. The lowest BCUT2D eigenvalue weighted by atomic mass is 9.94. The molecule has 0 radical (unpaired) electrons. The molecule has 3 nitrogen and oxygen atoms in total. The van der Waals surface area contributed by atoms with E-state index in [-0.39, 0.29) is 5.54 Å². The summed E-state index contributed by atoms with van der Waals surface area (Å²) in [7, 11) is 2.08. The first-order valence-electron chi connectivity index (χ1n) is 5.53. The second-order valence-electron chi connectivity index (χ2n) is 4.22. The van der Waals surface area contributed by atoms with Crippen LogP contribution in [0, 0.1) is 17.2 Å². The Morgan fingerprint density at radius 3 is 2.50 bits per heavy atom. The molecule has 1 rings (SSSR count). The molecule has 1 saturated carbocycles. The number of likely N-dealkylation sites (N-methyl/N-ethyl adjacent to an activating group) is 2. The minimum absolute atomic E-state index is 0.292. The third-order valence-corrected chi connectivity index (χ3v) is 3.03. The van der Waals surface area contributed by atoms with Crippen LogP contribution in [0.5, 0.6) is 0 Å². The van der Waals surface area contributed by atoms with Crippen molar-refractivity contribution in [3.8, 4) is 6.07 Å². The standard InChI is InChI=1S/C11H21N3/c1-4-13-11(8-12,10-6-7-10)9-14(3)5-2/h10,13H,4-7,9H2,1-3H3. The molecule has 0 heterocycles. The predicted molar refractivity (Wildman–Crippen MR) is 57.9 cm³/mol. The highest BCUT2D eigenvalue weighted by Gasteiger charge is 2.45. The fourth-order valence-corrected chi connectivity index (χ4v) is 1.92. The van der Waals surface area contributed by atoms with Gasteiger partial charge in [-0.25, -0.2) is 0 Å². The molecule has 1 atom stereocenters. The highest BCUT2D eigenvalue weighted by atomic mass is 15.1. The number of nitrogens with one attached hydrogen (secondary N) is 1. The van der Waals surface area contributed by atoms with Gasteiger partial charge in [-0.05, 0) is 38.9 Å². The number of nitrogens with zero attached hydrogens (tertiary/aromatic N) is 2. The minimum Gasteiger partial charge on any atom is -0.304 e. The van der Waals surface area contributed by atoms with Crippen molar-refractivity contribution in [2.75, 3.05) is 26.7 Å². The lowest BCUT2D eigenvalue weighted by Gasteiger charge is -2.31. The molecule has 80 valence electrons. The number of hydrogen-bond acceptors (Lipinski definition) is 3. The third kappa shape index (κ3) is 2.46. The Hall–Kier alpha value is -0.590. The summed E-state index contributed by atoms with van der Waals surface area (Å²) >= 11 is 0. The van der Waals surface area contributed by atoms with Crippen LogP contribution in [-0.4, -0.2) is 37.1 Å². The van der Waals surface area contributed by atoms with Gasteiger partial charge in [0.25, 0.3) is 0 Å². The van der Waals surface area contributed by atoms with E-state index < -0.39 is 0 Å². The molecule has 0 aromatic heterocycles. The Bertz CT molecular complexity index is 217. The monoisotopic (exact) mass is 195 g/mol. The first-order chi connectivity index (χ1) is 6.68. The molecule has 1 aliphatic rings. The van der Waals surface area contributed by atoms with Crippen molar-refractivity contribution >= 4 is 0 Å². The topological polar surface area (TPSA) is 39.1 Å². The van der Waals surface area contributed by atoms with Crippen molar-refractivity contribution in [1.29, 1.82) is 5.26 Å². The summed E-state index contributed by atoms with van der Waals surface area (Å²) < 4.78 is 0. The van der Waals surface area contributed by atoms with E-state index in [9.17, 15) is 5.26 Å². The van der Waals surface area contributed by atoms with Gasteiger partial charge >= 0.3 is 0 Å². The van der Waals surface area contributed by atoms with Crippen LogP contribution in [0.25, 0.3) is 0 Å². The van der Waals surface area contributed by atoms with Crippen LogP contribution >= 0.6 is 0 Å². The molecule has 0 bridgehead atoms. The molecule has 1 aliphatic carbocycles. The van der Waals surface area contributed by atoms with Gasteiger partial charge in [-0.3, -0.25) is 5.32 Å². The Labute approximate surface area is 87.1 Å². The van der Waals surface area contributed by atoms with Crippen molar-refractivity contribution < 1.29 is 0 Å². The van der Waals surface area contributed by atoms with Crippen LogP contribution in [0.3, 0.4) is 0 Å². The smallest absolute Gasteiger partial charge is 0.122 e. The van der Waals surface area contributed by atoms with Crippen molar-refractivity contribution in [3.63, 3.8) is 0 Å². The van der Waals surface area contributed by atoms with Crippen LogP contribution in [0.4, 0.5) is 0 Å². The molecule has 0 saturated heterocycles. The van der Waals surface area contributed by atoms with Gasteiger partial charge in [-0.2, -0.15) is 5.26 Å². The van der Waals surface area contributed by atoms with Gasteiger partial charge in [0.05, 0.1) is 6.07 Å². The Morgan fingerprint density at radius 2 is 2.14 bits per heavy atom. The molecule has 1 unspecified atom stereocenters. The van der Waals surface area contributed by atoms with Crippen LogP contribution in [0.1, 0.15) is 26.7 Å². The van der Waals surface area contributed by atoms with Gasteiger partial charge in [0.1, 0.15) is 5.54 Å². The van der Waals surface area contributed by atoms with Crippen molar-refractivity contribution in [2.24, 2.45) is 5.92 Å². The molecule has 0 aromatic carbocycles. The summed E-state index contributed by atoms with van der Waals surface area (Å²) in [6.45, 7) is 6.92. The van der Waals surface area contributed by atoms with E-state index in [1.54, 1.807) is 0 Å². The average molecular weight is 195 g/mol. The number of hydrogen-bond donors (Lipinski definition) is 1. The molecule has 14 heavy (non-hydrogen) atoms. The number of rotatable bonds is 6. The molecule has 1 N–H and O–H groups in total. The zero-order valence-corrected chi connectivity index (χ0v) is 9.51. The normalized spacial score (nSPS) is 20.5. The fourth-order valence-electron chi connectivity index (χ4n) is 1.92. The Balaban J connectivity index is 2.63. The maximum atomic E-state index is 9.32. The Kier molecular flexibility index (Phi) is 3.91. The van der Waals surface area contributed by atoms with Crippen molar-refractivity contribution in [2.45, 2.75) is 32.2 Å². The summed E-state index contributed by atoms with van der Waals surface area (Å²) in [6.07, 6.45) is 2.41. The minimum atomic E-state index is -0.292. The van der Waals surface area contributed by atoms with E-state index in [0.29, 0.717) is 5.92 Å². The fraction of sp³-hybridized carbons (Fsp3) is 0.909. The molecule has 0 aliphatic heterocycles. The summed E-state index contributed by atoms with van der Waals surface area (Å²) in [4.78, 5) is 2.21. The van der Waals surface area contributed by atoms with Crippen molar-refractivity contribution in [3.05, 3.63) is 0 Å². The summed E-state index contributed by atoms with van der Waals surface area (Å²) in [5.74, 6) is 0.571. The van der Waals surface area contributed by atoms with Crippen molar-refractivity contribution in [1.82, 2.24) is 10.2 Å². The molecular formula is C11H21N3. The molecule has 1 fully saturated rings.